The van der Waals surface area contributed by atoms with E-state index in [1.165, 1.54) is 6.92 Å². The van der Waals surface area contributed by atoms with Gasteiger partial charge >= 0.3 is 5.97 Å². The van der Waals surface area contributed by atoms with Crippen LogP contribution in [0.5, 0.6) is 0 Å². The summed E-state index contributed by atoms with van der Waals surface area (Å²) in [4.78, 5) is 23.1. The molecule has 18 atom stereocenters. The van der Waals surface area contributed by atoms with E-state index in [2.05, 4.69) is 44.2 Å². The van der Waals surface area contributed by atoms with E-state index in [1.54, 1.807) is 48.8 Å². The van der Waals surface area contributed by atoms with Crippen molar-refractivity contribution in [1.29, 1.82) is 0 Å². The Morgan fingerprint density at radius 2 is 1.39 bits per heavy atom. The fourth-order valence-electron chi connectivity index (χ4n) is 10.4. The third kappa shape index (κ3) is 15.5. The summed E-state index contributed by atoms with van der Waals surface area (Å²) in [6, 6.07) is -0.0381. The molecule has 0 aromatic rings. The molecule has 0 spiro atoms. The van der Waals surface area contributed by atoms with Gasteiger partial charge in [0.2, 0.25) is 5.79 Å². The lowest BCUT2D eigenvalue weighted by molar-refractivity contribution is -0.316. The van der Waals surface area contributed by atoms with Crippen molar-refractivity contribution in [2.75, 3.05) is 34.9 Å². The maximum absolute atomic E-state index is 14.8. The molecule has 3 fully saturated rings. The van der Waals surface area contributed by atoms with Gasteiger partial charge in [-0.3, -0.25) is 4.79 Å². The van der Waals surface area contributed by atoms with Gasteiger partial charge < -0.3 is 66.7 Å². The number of methoxy groups -OCH3 is 2. The van der Waals surface area contributed by atoms with Crippen molar-refractivity contribution >= 4 is 28.3 Å². The minimum atomic E-state index is -2.20. The number of aliphatic hydroxyl groups excluding tert-OH is 1. The molecule has 394 valence electrons. The summed E-state index contributed by atoms with van der Waals surface area (Å²) < 4.78 is 66.8. The Labute approximate surface area is 407 Å². The Hall–Kier alpha value is -1.11. The molecule has 2 N–H and O–H groups in total. The summed E-state index contributed by atoms with van der Waals surface area (Å²) in [5.74, 6) is -4.57. The van der Waals surface area contributed by atoms with Crippen molar-refractivity contribution in [3.05, 3.63) is 0 Å². The molecule has 18 heteroatoms. The molecule has 0 radical (unpaired) electrons. The largest absolute Gasteiger partial charge is 0.459 e. The second-order valence-corrected chi connectivity index (χ2v) is 32.0. The van der Waals surface area contributed by atoms with Crippen LogP contribution in [0.1, 0.15) is 116 Å². The topological polar surface area (TPSA) is 175 Å². The van der Waals surface area contributed by atoms with E-state index in [0.717, 1.165) is 6.42 Å². The van der Waals surface area contributed by atoms with Crippen LogP contribution in [-0.2, 0) is 56.4 Å². The fourth-order valence-corrected chi connectivity index (χ4v) is 12.7. The molecule has 0 bridgehead atoms. The van der Waals surface area contributed by atoms with E-state index in [1.807, 2.05) is 62.6 Å². The Bertz CT molecular complexity index is 1590. The summed E-state index contributed by atoms with van der Waals surface area (Å²) in [5.41, 5.74) is -3.43. The molecule has 3 saturated heterocycles. The molecular formula is C49H96N2O14Si2. The van der Waals surface area contributed by atoms with Crippen LogP contribution in [0.2, 0.25) is 39.3 Å². The van der Waals surface area contributed by atoms with E-state index in [9.17, 15) is 15.0 Å². The van der Waals surface area contributed by atoms with E-state index in [4.69, 9.17) is 56.7 Å². The number of aliphatic hydroxyl groups is 2. The molecule has 16 nitrogen and oxygen atoms in total. The van der Waals surface area contributed by atoms with Gasteiger partial charge in [-0.2, -0.15) is 0 Å². The van der Waals surface area contributed by atoms with Crippen molar-refractivity contribution in [3.63, 3.8) is 0 Å². The number of carbonyl (C=O) groups excluding carboxylic acids is 1. The number of carbonyl (C=O) groups is 1. The van der Waals surface area contributed by atoms with Crippen molar-refractivity contribution < 1.29 is 66.6 Å². The van der Waals surface area contributed by atoms with E-state index < -0.39 is 118 Å². The molecule has 0 aromatic carbocycles. The highest BCUT2D eigenvalue weighted by Gasteiger charge is 2.55. The number of esters is 1. The van der Waals surface area contributed by atoms with Gasteiger partial charge in [0, 0.05) is 64.9 Å². The van der Waals surface area contributed by atoms with Crippen molar-refractivity contribution in [2.45, 2.75) is 245 Å². The minimum Gasteiger partial charge on any atom is -0.459 e. The van der Waals surface area contributed by atoms with Gasteiger partial charge in [0.05, 0.1) is 59.5 Å². The second-order valence-electron chi connectivity index (χ2n) is 23.1. The molecule has 0 unspecified atom stereocenters. The summed E-state index contributed by atoms with van der Waals surface area (Å²) in [6.07, 6.45) is -5.99. The van der Waals surface area contributed by atoms with Gasteiger partial charge in [-0.1, -0.05) is 32.9 Å². The first-order valence-corrected chi connectivity index (χ1v) is 31.7. The molecule has 67 heavy (non-hydrogen) atoms. The van der Waals surface area contributed by atoms with Gasteiger partial charge in [0.1, 0.15) is 17.8 Å². The van der Waals surface area contributed by atoms with Crippen LogP contribution < -0.4 is 0 Å². The van der Waals surface area contributed by atoms with Crippen LogP contribution in [0, 0.1) is 23.7 Å². The summed E-state index contributed by atoms with van der Waals surface area (Å²) in [7, 11) is 3.16. The van der Waals surface area contributed by atoms with E-state index >= 15 is 0 Å². The normalized spacial score (nSPS) is 42.1. The van der Waals surface area contributed by atoms with Crippen molar-refractivity contribution in [1.82, 2.24) is 4.90 Å². The van der Waals surface area contributed by atoms with Gasteiger partial charge in [0.15, 0.2) is 29.2 Å². The lowest BCUT2D eigenvalue weighted by Gasteiger charge is -2.51. The number of rotatable bonds is 16. The van der Waals surface area contributed by atoms with Gasteiger partial charge in [0.25, 0.3) is 0 Å². The molecule has 0 amide bonds. The number of likely N-dealkylation sites (N-methyl/N-ethyl adjacent to an activating group) is 1. The highest BCUT2D eigenvalue weighted by molar-refractivity contribution is 6.70. The lowest BCUT2D eigenvalue weighted by atomic mass is 9.73. The molecule has 0 aliphatic carbocycles. The second kappa shape index (κ2) is 23.6. The molecule has 0 aromatic heterocycles. The molecule has 0 saturated carbocycles. The number of cyclic esters (lactones) is 1. The number of hydrogen-bond donors (Lipinski definition) is 2. The average Bonchev–Trinajstić information content (AvgIpc) is 3.20. The minimum absolute atomic E-state index is 0.0381. The summed E-state index contributed by atoms with van der Waals surface area (Å²) >= 11 is 0. The zero-order valence-electron chi connectivity index (χ0n) is 45.9. The standard InChI is InChI=1S/C49H96N2O14Si2/c1-24-36-49(13,54)41(52)31(5)38(50-65-46(9,10)57-25-2)29(3)27-47(11,55-16)42(62-45-40(63-66(18,19)20)35(51(14)15)26-30(4)58-45)32(6)39(33(7)44(53)60-36)61-37-28-48(12,56-17)43(34(8)59-37)64-67(21,22)23/h29-37,39-43,45,52,54H,24-28H2,1-23H3/b50-38-/t29-,30-,31+,32+,33-,34+,35+,36-,37+,39+,40-,41-,42-,43+,45+,47-,48-,49-/m1/s1. The monoisotopic (exact) mass is 993 g/mol. The number of hydrogen-bond acceptors (Lipinski definition) is 16. The first-order valence-electron chi connectivity index (χ1n) is 24.9. The number of ether oxygens (including phenoxy) is 8. The van der Waals surface area contributed by atoms with Crippen LogP contribution in [0.4, 0.5) is 0 Å². The van der Waals surface area contributed by atoms with Crippen molar-refractivity contribution in [2.24, 2.45) is 28.8 Å². The fraction of sp³-hybridized carbons (Fsp3) is 0.959. The molecule has 3 aliphatic rings. The zero-order valence-corrected chi connectivity index (χ0v) is 47.9. The molecule has 3 heterocycles. The highest BCUT2D eigenvalue weighted by atomic mass is 28.4. The van der Waals surface area contributed by atoms with E-state index in [-0.39, 0.29) is 31.1 Å². The molecular weight excluding hydrogens is 897 g/mol. The van der Waals surface area contributed by atoms with Crippen LogP contribution in [0.25, 0.3) is 0 Å². The van der Waals surface area contributed by atoms with Crippen LogP contribution >= 0.6 is 0 Å². The SMILES string of the molecule is CCOC(C)(C)O/N=C1/[C@H](C)C[C@@](C)(OC)[C@H](O[C@@H]2O[C@H](C)C[C@H](N(C)C)[C@H]2O[Si](C)(C)C)[C@@H](C)[C@H](O[C@H]2C[C@@](C)(OC)[C@@H](O[Si](C)(C)C)[C@H](C)O2)[C@@H](C)C(=O)O[C@H](CC)[C@@](C)(O)[C@H](O)[C@H]1C. The zero-order chi connectivity index (χ0) is 51.4. The predicted molar refractivity (Wildman–Crippen MR) is 265 cm³/mol. The smallest absolute Gasteiger partial charge is 0.311 e. The Morgan fingerprint density at radius 1 is 0.821 bits per heavy atom. The summed E-state index contributed by atoms with van der Waals surface area (Å²) in [6.45, 7) is 37.5. The van der Waals surface area contributed by atoms with Crippen LogP contribution in [-0.4, -0.2) is 168 Å². The Kier molecular flexibility index (Phi) is 21.2. The Balaban J connectivity index is 2.39. The third-order valence-electron chi connectivity index (χ3n) is 14.1. The lowest BCUT2D eigenvalue weighted by Crippen LogP contribution is -2.63. The molecule has 3 aliphatic heterocycles. The maximum atomic E-state index is 14.8. The van der Waals surface area contributed by atoms with Gasteiger partial charge in [-0.25, -0.2) is 0 Å². The summed E-state index contributed by atoms with van der Waals surface area (Å²) in [5, 5.41) is 29.2. The quantitative estimate of drug-likeness (QED) is 0.0665. The van der Waals surface area contributed by atoms with Crippen LogP contribution in [0.15, 0.2) is 5.16 Å². The van der Waals surface area contributed by atoms with Gasteiger partial charge in [-0.05, 0) is 121 Å². The maximum Gasteiger partial charge on any atom is 0.311 e. The number of oxime groups is 1. The Morgan fingerprint density at radius 3 is 1.90 bits per heavy atom. The third-order valence-corrected chi connectivity index (χ3v) is 16.0. The highest BCUT2D eigenvalue weighted by Crippen LogP contribution is 2.43. The van der Waals surface area contributed by atoms with Gasteiger partial charge in [-0.15, -0.1) is 0 Å². The van der Waals surface area contributed by atoms with E-state index in [0.29, 0.717) is 18.7 Å². The predicted octanol–water partition coefficient (Wildman–Crippen LogP) is 7.73. The number of nitrogens with zero attached hydrogens (tertiary/aromatic N) is 2. The van der Waals surface area contributed by atoms with Crippen LogP contribution in [0.3, 0.4) is 0 Å². The average molecular weight is 993 g/mol. The first-order chi connectivity index (χ1) is 30.6. The molecule has 3 rings (SSSR count). The van der Waals surface area contributed by atoms with Crippen molar-refractivity contribution in [3.8, 4) is 0 Å². The first kappa shape index (κ1) is 60.2.